The minimum absolute atomic E-state index is 0.127. The molecular weight excluding hydrogens is 525 g/mol. The quantitative estimate of drug-likeness (QED) is 0.285. The van der Waals surface area contributed by atoms with Gasteiger partial charge in [-0.1, -0.05) is 19.1 Å². The zero-order valence-electron chi connectivity index (χ0n) is 22.5. The van der Waals surface area contributed by atoms with Crippen molar-refractivity contribution in [1.82, 2.24) is 9.80 Å². The maximum Gasteiger partial charge on any atom is 0.255 e. The van der Waals surface area contributed by atoms with Crippen molar-refractivity contribution >= 4 is 17.5 Å². The fourth-order valence-electron chi connectivity index (χ4n) is 7.09. The van der Waals surface area contributed by atoms with E-state index in [0.29, 0.717) is 37.1 Å². The third-order valence-corrected chi connectivity index (χ3v) is 9.13. The number of hydrogen-bond acceptors (Lipinski definition) is 10. The number of aromatic hydroxyl groups is 1. The molecule has 216 valence electrons. The number of phenols is 1. The number of likely N-dealkylation sites (N-methyl/N-ethyl adjacent to an activating group) is 1. The van der Waals surface area contributed by atoms with E-state index < -0.39 is 81.8 Å². The molecule has 0 unspecified atom stereocenters. The molecule has 1 heterocycles. The molecule has 7 N–H and O–H groups in total. The first-order chi connectivity index (χ1) is 18.7. The van der Waals surface area contributed by atoms with E-state index >= 15 is 0 Å². The number of carbonyl (C=O) groups is 3. The van der Waals surface area contributed by atoms with Crippen LogP contribution < -0.4 is 5.73 Å². The molecule has 4 aliphatic rings. The molecule has 0 saturated carbocycles. The normalized spacial score (nSPS) is 33.2. The number of likely N-dealkylation sites (tertiary alicyclic amines) is 1. The topological polar surface area (TPSA) is 185 Å². The number of fused-ring (bicyclic) bond motifs is 3. The van der Waals surface area contributed by atoms with Crippen LogP contribution >= 0.6 is 0 Å². The van der Waals surface area contributed by atoms with Crippen LogP contribution in [0.25, 0.3) is 0 Å². The lowest BCUT2D eigenvalue weighted by atomic mass is 9.55. The summed E-state index contributed by atoms with van der Waals surface area (Å²) >= 11 is 0. The lowest BCUT2D eigenvalue weighted by Crippen LogP contribution is -2.68. The minimum Gasteiger partial charge on any atom is -0.510 e. The first-order valence-corrected chi connectivity index (χ1v) is 13.3. The van der Waals surface area contributed by atoms with Gasteiger partial charge in [0.1, 0.15) is 29.0 Å². The number of aliphatic hydroxyl groups excluding tert-OH is 3. The van der Waals surface area contributed by atoms with Crippen molar-refractivity contribution in [1.29, 1.82) is 0 Å². The number of amides is 1. The number of phenolic OH excluding ortho intramolecular Hbond substituents is 1. The van der Waals surface area contributed by atoms with Crippen molar-refractivity contribution in [3.63, 3.8) is 0 Å². The Balaban J connectivity index is 1.65. The maximum absolute atomic E-state index is 13.9. The molecule has 0 spiro atoms. The van der Waals surface area contributed by atoms with Crippen LogP contribution in [0.5, 0.6) is 5.75 Å². The molecule has 1 saturated heterocycles. The van der Waals surface area contributed by atoms with Gasteiger partial charge in [0.15, 0.2) is 11.4 Å². The molecule has 0 radical (unpaired) electrons. The van der Waals surface area contributed by atoms with E-state index in [1.165, 1.54) is 19.0 Å². The average molecular weight is 560 g/mol. The molecule has 5 rings (SSSR count). The number of nitrogens with zero attached hydrogens (tertiary/aromatic N) is 2. The molecule has 6 atom stereocenters. The molecular formula is C28H34FN3O8. The molecule has 12 heteroatoms. The average Bonchev–Trinajstić information content (AvgIpc) is 2.88. The summed E-state index contributed by atoms with van der Waals surface area (Å²) in [6, 6.07) is 2.02. The number of nitrogens with two attached hydrogens (primary N) is 1. The number of alkyl halides is 1. The molecule has 3 aliphatic carbocycles. The van der Waals surface area contributed by atoms with E-state index in [2.05, 4.69) is 0 Å². The van der Waals surface area contributed by atoms with Crippen LogP contribution in [0.15, 0.2) is 34.8 Å². The minimum atomic E-state index is -2.95. The van der Waals surface area contributed by atoms with Gasteiger partial charge < -0.3 is 31.3 Å². The fourth-order valence-corrected chi connectivity index (χ4v) is 7.09. The predicted octanol–water partition coefficient (Wildman–Crippen LogP) is 0.586. The van der Waals surface area contributed by atoms with Gasteiger partial charge in [0, 0.05) is 36.7 Å². The number of Topliss-reactive ketones (excluding diaryl/α,β-unsaturated/α-hetero) is 2. The first-order valence-electron chi connectivity index (χ1n) is 13.3. The maximum atomic E-state index is 13.9. The summed E-state index contributed by atoms with van der Waals surface area (Å²) in [6.45, 7) is 2.90. The number of piperidine rings is 1. The monoisotopic (exact) mass is 559 g/mol. The van der Waals surface area contributed by atoms with Gasteiger partial charge in [0.2, 0.25) is 5.78 Å². The van der Waals surface area contributed by atoms with Gasteiger partial charge >= 0.3 is 0 Å². The van der Waals surface area contributed by atoms with Gasteiger partial charge in [0.25, 0.3) is 5.91 Å². The van der Waals surface area contributed by atoms with Crippen LogP contribution in [-0.4, -0.2) is 104 Å². The fraction of sp³-hybridized carbons (Fsp3) is 0.536. The second kappa shape index (κ2) is 9.65. The van der Waals surface area contributed by atoms with Crippen molar-refractivity contribution in [2.24, 2.45) is 17.6 Å². The van der Waals surface area contributed by atoms with Crippen LogP contribution in [0.2, 0.25) is 0 Å². The highest BCUT2D eigenvalue weighted by molar-refractivity contribution is 6.25. The summed E-state index contributed by atoms with van der Waals surface area (Å²) in [5, 5.41) is 57.0. The number of halogens is 1. The molecule has 40 heavy (non-hydrogen) atoms. The van der Waals surface area contributed by atoms with E-state index in [9.17, 15) is 44.3 Å². The van der Waals surface area contributed by atoms with Gasteiger partial charge in [-0.25, -0.2) is 4.39 Å². The standard InChI is InChI=1S/C28H34FN3O8/c1-11-14-5-4-12(10-32-8-6-13(29)7-9-32)21(33)16(14)22(34)17-15(11)23(35)19-20(31(2)3)24(36)18(27(30)39)26(38)28(19,40)25(17)37/h4-5,11,13,15,19-20,23,33,35-37,40H,6-10H2,1-3H3,(H2,30,39)/t11-,15+,19+,20-,23-,28-/m0/s1. The molecule has 1 aliphatic heterocycles. The summed E-state index contributed by atoms with van der Waals surface area (Å²) in [5.74, 6) is -9.13. The summed E-state index contributed by atoms with van der Waals surface area (Å²) < 4.78 is 13.6. The highest BCUT2D eigenvalue weighted by atomic mass is 19.1. The van der Waals surface area contributed by atoms with Gasteiger partial charge in [-0.2, -0.15) is 0 Å². The van der Waals surface area contributed by atoms with Crippen molar-refractivity contribution < 1.29 is 44.3 Å². The Morgan fingerprint density at radius 1 is 1.18 bits per heavy atom. The third kappa shape index (κ3) is 3.80. The largest absolute Gasteiger partial charge is 0.510 e. The first kappa shape index (κ1) is 28.2. The molecule has 0 aromatic heterocycles. The Morgan fingerprint density at radius 2 is 1.80 bits per heavy atom. The third-order valence-electron chi connectivity index (χ3n) is 9.13. The lowest BCUT2D eigenvalue weighted by Gasteiger charge is -2.53. The van der Waals surface area contributed by atoms with Crippen molar-refractivity contribution in [2.45, 2.75) is 56.1 Å². The van der Waals surface area contributed by atoms with Gasteiger partial charge in [0.05, 0.1) is 23.6 Å². The Morgan fingerprint density at radius 3 is 2.38 bits per heavy atom. The summed E-state index contributed by atoms with van der Waals surface area (Å²) in [7, 11) is 2.97. The predicted molar refractivity (Wildman–Crippen MR) is 139 cm³/mol. The van der Waals surface area contributed by atoms with E-state index in [1.54, 1.807) is 19.1 Å². The van der Waals surface area contributed by atoms with Crippen LogP contribution in [0.3, 0.4) is 0 Å². The van der Waals surface area contributed by atoms with Crippen LogP contribution in [0.1, 0.15) is 47.2 Å². The van der Waals surface area contributed by atoms with E-state index in [4.69, 9.17) is 5.73 Å². The highest BCUT2D eigenvalue weighted by Gasteiger charge is 2.67. The highest BCUT2D eigenvalue weighted by Crippen LogP contribution is 2.55. The summed E-state index contributed by atoms with van der Waals surface area (Å²) in [4.78, 5) is 42.9. The Hall–Kier alpha value is -3.32. The van der Waals surface area contributed by atoms with Gasteiger partial charge in [-0.05, 0) is 38.4 Å². The van der Waals surface area contributed by atoms with E-state index in [1.807, 2.05) is 4.90 Å². The Kier molecular flexibility index (Phi) is 6.81. The molecule has 1 aromatic carbocycles. The van der Waals surface area contributed by atoms with Crippen molar-refractivity contribution in [2.75, 3.05) is 27.2 Å². The van der Waals surface area contributed by atoms with Crippen molar-refractivity contribution in [3.8, 4) is 5.75 Å². The zero-order valence-corrected chi connectivity index (χ0v) is 22.5. The summed E-state index contributed by atoms with van der Waals surface area (Å²) in [6.07, 6.45) is -1.79. The number of primary amides is 1. The number of carbonyl (C=O) groups excluding carboxylic acids is 3. The van der Waals surface area contributed by atoms with Crippen molar-refractivity contribution in [3.05, 3.63) is 51.5 Å². The van der Waals surface area contributed by atoms with Crippen LogP contribution in [0.4, 0.5) is 4.39 Å². The molecule has 0 bridgehead atoms. The number of benzene rings is 1. The number of ketones is 2. The zero-order chi connectivity index (χ0) is 29.4. The molecule has 1 amide bonds. The Labute approximate surface area is 230 Å². The molecule has 1 fully saturated rings. The second-order valence-corrected chi connectivity index (χ2v) is 11.5. The summed E-state index contributed by atoms with van der Waals surface area (Å²) in [5.41, 5.74) is 1.69. The van der Waals surface area contributed by atoms with E-state index in [-0.39, 0.29) is 17.9 Å². The SMILES string of the molecule is C[C@H]1c2ccc(CN3CCC(F)CC3)c(O)c2C(=O)C2=C(O)[C@]3(O)C(=O)C(C(N)=O)=C(O)[C@@H](N(C)C)[C@@H]3[C@@H](O)[C@@H]21. The number of hydrogen-bond donors (Lipinski definition) is 6. The molecule has 1 aromatic rings. The second-order valence-electron chi connectivity index (χ2n) is 11.5. The van der Waals surface area contributed by atoms with Crippen LogP contribution in [0, 0.1) is 11.8 Å². The lowest BCUT2D eigenvalue weighted by molar-refractivity contribution is -0.162. The number of rotatable bonds is 4. The van der Waals surface area contributed by atoms with Gasteiger partial charge in [-0.3, -0.25) is 24.2 Å². The Bertz CT molecular complexity index is 1370. The number of aliphatic hydroxyl groups is 4. The van der Waals surface area contributed by atoms with Gasteiger partial charge in [-0.15, -0.1) is 0 Å². The smallest absolute Gasteiger partial charge is 0.255 e. The van der Waals surface area contributed by atoms with E-state index in [0.717, 1.165) is 0 Å². The van der Waals surface area contributed by atoms with Crippen LogP contribution in [-0.2, 0) is 16.1 Å². The molecule has 11 nitrogen and oxygen atoms in total.